The zero-order valence-corrected chi connectivity index (χ0v) is 18.9. The van der Waals surface area contributed by atoms with E-state index in [2.05, 4.69) is 5.32 Å². The Morgan fingerprint density at radius 2 is 1.97 bits per heavy atom. The van der Waals surface area contributed by atoms with E-state index in [1.165, 1.54) is 11.3 Å². The number of ether oxygens (including phenoxy) is 1. The fourth-order valence-corrected chi connectivity index (χ4v) is 4.22. The number of carboxylic acid groups (broad SMARTS) is 1. The number of hydrogen-bond donors (Lipinski definition) is 3. The fraction of sp³-hybridized carbons (Fsp3) is 0.261. The van der Waals surface area contributed by atoms with Crippen LogP contribution in [0, 0.1) is 5.41 Å². The number of alkyl halides is 3. The number of thiazole rings is 1. The monoisotopic (exact) mass is 477 g/mol. The maximum Gasteiger partial charge on any atom is 0.416 e. The quantitative estimate of drug-likeness (QED) is 0.345. The molecule has 0 saturated carbocycles. The summed E-state index contributed by atoms with van der Waals surface area (Å²) in [5.74, 6) is -0.746. The number of anilines is 1. The highest BCUT2D eigenvalue weighted by molar-refractivity contribution is 7.12. The molecule has 0 radical (unpaired) electrons. The van der Waals surface area contributed by atoms with Gasteiger partial charge in [0.2, 0.25) is 0 Å². The predicted octanol–water partition coefficient (Wildman–Crippen LogP) is 6.03. The molecule has 0 amide bonds. The molecule has 33 heavy (non-hydrogen) atoms. The third kappa shape index (κ3) is 5.51. The van der Waals surface area contributed by atoms with Crippen molar-refractivity contribution in [1.82, 2.24) is 4.98 Å². The van der Waals surface area contributed by atoms with Gasteiger partial charge in [-0.15, -0.1) is 11.3 Å². The SMILES string of the molecule is COc1cccc(-c2nc(CNc3ccc(C(F)(F)F)cc3C(=N)C(=O)O)sc2C(C)C)c1. The Labute approximate surface area is 192 Å². The molecule has 0 bridgehead atoms. The first-order chi connectivity index (χ1) is 15.5. The standard InChI is InChI=1S/C23H22F3N3O3S/c1-12(2)21-20(13-5-4-6-15(9-13)32-3)29-18(33-21)11-28-17-8-7-14(23(24,25)26)10-16(17)19(27)22(30)31/h4-10,12,27-28H,11H2,1-3H3,(H,30,31). The van der Waals surface area contributed by atoms with E-state index in [1.807, 2.05) is 38.1 Å². The zero-order chi connectivity index (χ0) is 24.3. The summed E-state index contributed by atoms with van der Waals surface area (Å²) in [6, 6.07) is 10.1. The average molecular weight is 478 g/mol. The molecule has 3 N–H and O–H groups in total. The van der Waals surface area contributed by atoms with Crippen LogP contribution in [0.2, 0.25) is 0 Å². The molecule has 10 heteroatoms. The summed E-state index contributed by atoms with van der Waals surface area (Å²) in [5.41, 5.74) is -0.515. The number of rotatable bonds is 8. The lowest BCUT2D eigenvalue weighted by atomic mass is 10.0. The second-order valence-electron chi connectivity index (χ2n) is 7.50. The largest absolute Gasteiger partial charge is 0.497 e. The van der Waals surface area contributed by atoms with E-state index >= 15 is 0 Å². The van der Waals surface area contributed by atoms with Crippen molar-refractivity contribution < 1.29 is 27.8 Å². The van der Waals surface area contributed by atoms with E-state index < -0.39 is 23.4 Å². The van der Waals surface area contributed by atoms with Crippen LogP contribution in [-0.4, -0.2) is 28.9 Å². The molecule has 174 valence electrons. The van der Waals surface area contributed by atoms with Crippen LogP contribution >= 0.6 is 11.3 Å². The number of carboxylic acids is 1. The van der Waals surface area contributed by atoms with E-state index in [9.17, 15) is 18.0 Å². The molecule has 2 aromatic carbocycles. The van der Waals surface area contributed by atoms with Crippen LogP contribution in [0.1, 0.15) is 40.8 Å². The number of halogens is 3. The zero-order valence-electron chi connectivity index (χ0n) is 18.1. The first-order valence-electron chi connectivity index (χ1n) is 9.92. The Hall–Kier alpha value is -3.40. The van der Waals surface area contributed by atoms with E-state index in [4.69, 9.17) is 20.2 Å². The van der Waals surface area contributed by atoms with Gasteiger partial charge in [0, 0.05) is 21.7 Å². The highest BCUT2D eigenvalue weighted by atomic mass is 32.1. The van der Waals surface area contributed by atoms with Gasteiger partial charge in [-0.05, 0) is 36.2 Å². The third-order valence-electron chi connectivity index (χ3n) is 4.83. The molecule has 0 atom stereocenters. The second kappa shape index (κ2) is 9.62. The van der Waals surface area contributed by atoms with Gasteiger partial charge in [-0.1, -0.05) is 26.0 Å². The third-order valence-corrected chi connectivity index (χ3v) is 6.18. The summed E-state index contributed by atoms with van der Waals surface area (Å²) >= 11 is 1.46. The van der Waals surface area contributed by atoms with Crippen molar-refractivity contribution >= 4 is 28.7 Å². The van der Waals surface area contributed by atoms with Gasteiger partial charge in [0.25, 0.3) is 0 Å². The number of nitrogens with zero attached hydrogens (tertiary/aromatic N) is 1. The van der Waals surface area contributed by atoms with E-state index in [-0.39, 0.29) is 23.7 Å². The summed E-state index contributed by atoms with van der Waals surface area (Å²) in [6.07, 6.45) is -4.65. The molecular formula is C23H22F3N3O3S. The summed E-state index contributed by atoms with van der Waals surface area (Å²) < 4.78 is 44.6. The highest BCUT2D eigenvalue weighted by Gasteiger charge is 2.32. The summed E-state index contributed by atoms with van der Waals surface area (Å²) in [5, 5.41) is 20.5. The van der Waals surface area contributed by atoms with Gasteiger partial charge in [-0.3, -0.25) is 5.41 Å². The van der Waals surface area contributed by atoms with Gasteiger partial charge in [-0.25, -0.2) is 9.78 Å². The Balaban J connectivity index is 1.93. The van der Waals surface area contributed by atoms with Crippen LogP contribution in [0.15, 0.2) is 42.5 Å². The number of hydrogen-bond acceptors (Lipinski definition) is 6. The number of aromatic nitrogens is 1. The number of benzene rings is 2. The van der Waals surface area contributed by atoms with Gasteiger partial charge < -0.3 is 15.2 Å². The van der Waals surface area contributed by atoms with Crippen molar-refractivity contribution in [3.8, 4) is 17.0 Å². The molecule has 0 saturated heterocycles. The number of aliphatic carboxylic acids is 1. The van der Waals surface area contributed by atoms with Crippen molar-refractivity contribution in [3.05, 3.63) is 63.5 Å². The molecule has 0 aliphatic heterocycles. The van der Waals surface area contributed by atoms with Crippen molar-refractivity contribution in [2.45, 2.75) is 32.5 Å². The molecule has 3 rings (SSSR count). The minimum atomic E-state index is -4.65. The van der Waals surface area contributed by atoms with E-state index in [1.54, 1.807) is 7.11 Å². The van der Waals surface area contributed by atoms with Crippen LogP contribution in [0.5, 0.6) is 5.75 Å². The summed E-state index contributed by atoms with van der Waals surface area (Å²) in [7, 11) is 1.58. The molecule has 0 aliphatic rings. The predicted molar refractivity (Wildman–Crippen MR) is 121 cm³/mol. The molecule has 3 aromatic rings. The van der Waals surface area contributed by atoms with Gasteiger partial charge in [-0.2, -0.15) is 13.2 Å². The molecule has 1 aromatic heterocycles. The molecular weight excluding hydrogens is 455 g/mol. The Bertz CT molecular complexity index is 1190. The van der Waals surface area contributed by atoms with Gasteiger partial charge in [0.1, 0.15) is 16.5 Å². The van der Waals surface area contributed by atoms with Crippen molar-refractivity contribution in [2.75, 3.05) is 12.4 Å². The van der Waals surface area contributed by atoms with Crippen LogP contribution in [0.25, 0.3) is 11.3 Å². The summed E-state index contributed by atoms with van der Waals surface area (Å²) in [4.78, 5) is 17.0. The maximum atomic E-state index is 13.1. The smallest absolute Gasteiger partial charge is 0.416 e. The normalized spacial score (nSPS) is 11.5. The minimum absolute atomic E-state index is 0.111. The maximum absolute atomic E-state index is 13.1. The van der Waals surface area contributed by atoms with Crippen molar-refractivity contribution in [1.29, 1.82) is 5.41 Å². The Morgan fingerprint density at radius 1 is 1.24 bits per heavy atom. The first-order valence-corrected chi connectivity index (χ1v) is 10.7. The Morgan fingerprint density at radius 3 is 2.58 bits per heavy atom. The van der Waals surface area contributed by atoms with Crippen LogP contribution in [0.4, 0.5) is 18.9 Å². The van der Waals surface area contributed by atoms with Crippen LogP contribution in [0.3, 0.4) is 0 Å². The molecule has 0 fully saturated rings. The number of carbonyl (C=O) groups is 1. The van der Waals surface area contributed by atoms with Gasteiger partial charge >= 0.3 is 12.1 Å². The van der Waals surface area contributed by atoms with Gasteiger partial charge in [0.05, 0.1) is 24.9 Å². The first kappa shape index (κ1) is 24.2. The fourth-order valence-electron chi connectivity index (χ4n) is 3.19. The highest BCUT2D eigenvalue weighted by Crippen LogP contribution is 2.36. The van der Waals surface area contributed by atoms with Crippen LogP contribution < -0.4 is 10.1 Å². The number of methoxy groups -OCH3 is 1. The molecule has 0 unspecified atom stereocenters. The lowest BCUT2D eigenvalue weighted by molar-refractivity contribution is -0.137. The van der Waals surface area contributed by atoms with E-state index in [0.29, 0.717) is 16.8 Å². The molecule has 0 spiro atoms. The summed E-state index contributed by atoms with van der Waals surface area (Å²) in [6.45, 7) is 4.23. The van der Waals surface area contributed by atoms with Crippen molar-refractivity contribution in [3.63, 3.8) is 0 Å². The van der Waals surface area contributed by atoms with Crippen LogP contribution in [-0.2, 0) is 17.5 Å². The second-order valence-corrected chi connectivity index (χ2v) is 8.61. The lowest BCUT2D eigenvalue weighted by Crippen LogP contribution is -2.17. The average Bonchev–Trinajstić information content (AvgIpc) is 3.21. The number of nitrogens with one attached hydrogen (secondary N) is 2. The van der Waals surface area contributed by atoms with Gasteiger partial charge in [0.15, 0.2) is 0 Å². The minimum Gasteiger partial charge on any atom is -0.497 e. The van der Waals surface area contributed by atoms with E-state index in [0.717, 1.165) is 28.3 Å². The topological polar surface area (TPSA) is 95.3 Å². The van der Waals surface area contributed by atoms with Crippen molar-refractivity contribution in [2.24, 2.45) is 0 Å². The Kier molecular flexibility index (Phi) is 7.06. The molecule has 6 nitrogen and oxygen atoms in total. The lowest BCUT2D eigenvalue weighted by Gasteiger charge is -2.14. The molecule has 1 heterocycles. The molecule has 0 aliphatic carbocycles.